The Labute approximate surface area is 246 Å². The van der Waals surface area contributed by atoms with Gasteiger partial charge in [-0.25, -0.2) is 19.3 Å². The maximum Gasteiger partial charge on any atom is 0.416 e. The zero-order chi connectivity index (χ0) is 31.2. The number of aliphatic hydroxyl groups is 1. The molecule has 16 heteroatoms. The Morgan fingerprint density at radius 1 is 1.23 bits per heavy atom. The van der Waals surface area contributed by atoms with Gasteiger partial charge in [0.1, 0.15) is 51.8 Å². The Morgan fingerprint density at radius 2 is 1.98 bits per heavy atom. The van der Waals surface area contributed by atoms with Crippen LogP contribution in [0.2, 0.25) is 5.15 Å². The average molecular weight is 622 g/mol. The highest BCUT2D eigenvalue weighted by atomic mass is 35.5. The minimum atomic E-state index is -4.64. The minimum Gasteiger partial charge on any atom is -0.384 e. The van der Waals surface area contributed by atoms with Crippen LogP contribution >= 0.6 is 11.6 Å². The van der Waals surface area contributed by atoms with Crippen molar-refractivity contribution in [3.63, 3.8) is 0 Å². The van der Waals surface area contributed by atoms with Crippen molar-refractivity contribution < 1.29 is 37.0 Å². The fraction of sp³-hybridized carbons (Fsp3) is 0.296. The first-order chi connectivity index (χ1) is 20.3. The molecular formula is C27H24ClF4N7O4. The number of benzene rings is 1. The van der Waals surface area contributed by atoms with E-state index in [-0.39, 0.29) is 64.1 Å². The summed E-state index contributed by atoms with van der Waals surface area (Å²) < 4.78 is 62.0. The summed E-state index contributed by atoms with van der Waals surface area (Å²) in [6, 6.07) is 4.46. The van der Waals surface area contributed by atoms with Gasteiger partial charge in [-0.15, -0.1) is 0 Å². The van der Waals surface area contributed by atoms with Gasteiger partial charge in [0.25, 0.3) is 11.8 Å². The standard InChI is InChI=1S/C27H24ClF4N7O4/c1-12-11-43-18(10-38(12)26(42)13(2)40)24-37-21(22-23(33)35-9-19(28)39(22)24)16-4-3-14(7-17(16)29)25(41)36-20-8-15(5-6-34-20)27(30,31)32/h3-9,12-13,18,40H,10-11H2,1-2H3,(H2,33,35)(H,34,36,41)/t12-,13?,18+/m0/s1. The first-order valence-electron chi connectivity index (χ1n) is 12.8. The quantitative estimate of drug-likeness (QED) is 0.282. The zero-order valence-corrected chi connectivity index (χ0v) is 23.3. The number of alkyl halides is 3. The second-order valence-electron chi connectivity index (χ2n) is 9.88. The predicted octanol–water partition coefficient (Wildman–Crippen LogP) is 4.11. The third kappa shape index (κ3) is 5.83. The third-order valence-electron chi connectivity index (χ3n) is 6.85. The molecule has 0 radical (unpaired) electrons. The number of hydrogen-bond donors (Lipinski definition) is 3. The van der Waals surface area contributed by atoms with E-state index in [1.807, 2.05) is 0 Å². The van der Waals surface area contributed by atoms with Gasteiger partial charge in [0.05, 0.1) is 31.0 Å². The molecule has 43 heavy (non-hydrogen) atoms. The Morgan fingerprint density at radius 3 is 2.65 bits per heavy atom. The van der Waals surface area contributed by atoms with Gasteiger partial charge < -0.3 is 25.8 Å². The number of carbonyl (C=O) groups is 2. The lowest BCUT2D eigenvalue weighted by molar-refractivity contribution is -0.152. The molecule has 0 bridgehead atoms. The maximum absolute atomic E-state index is 15.6. The van der Waals surface area contributed by atoms with Crippen molar-refractivity contribution in [2.75, 3.05) is 24.2 Å². The number of nitrogens with two attached hydrogens (primary N) is 1. The monoisotopic (exact) mass is 621 g/mol. The van der Waals surface area contributed by atoms with Crippen LogP contribution in [0.4, 0.5) is 29.2 Å². The molecule has 3 atom stereocenters. The molecule has 4 heterocycles. The first kappa shape index (κ1) is 30.1. The van der Waals surface area contributed by atoms with E-state index in [0.29, 0.717) is 6.07 Å². The number of nitrogens with one attached hydrogen (secondary N) is 1. The van der Waals surface area contributed by atoms with E-state index in [2.05, 4.69) is 20.3 Å². The SMILES string of the molecule is CC(O)C(=O)N1C[C@H](c2nc(-c3ccc(C(=O)Nc4cc(C(F)(F)F)ccn4)cc3F)c3c(N)ncc(Cl)n23)OC[C@@H]1C. The lowest BCUT2D eigenvalue weighted by Gasteiger charge is -2.38. The van der Waals surface area contributed by atoms with Crippen LogP contribution in [-0.2, 0) is 15.7 Å². The summed E-state index contributed by atoms with van der Waals surface area (Å²) in [5.41, 5.74) is 5.01. The molecule has 0 saturated carbocycles. The van der Waals surface area contributed by atoms with Crippen LogP contribution in [0.1, 0.15) is 41.7 Å². The molecule has 1 unspecified atom stereocenters. The van der Waals surface area contributed by atoms with Crippen LogP contribution < -0.4 is 11.1 Å². The number of imidazole rings is 1. The summed E-state index contributed by atoms with van der Waals surface area (Å²) >= 11 is 6.46. The van der Waals surface area contributed by atoms with Gasteiger partial charge in [0.2, 0.25) is 0 Å². The second kappa shape index (κ2) is 11.4. The van der Waals surface area contributed by atoms with Gasteiger partial charge in [-0.3, -0.25) is 14.0 Å². The first-order valence-corrected chi connectivity index (χ1v) is 13.2. The Balaban J connectivity index is 1.50. The van der Waals surface area contributed by atoms with Crippen molar-refractivity contribution in [3.05, 3.63) is 70.6 Å². The molecule has 4 aromatic rings. The van der Waals surface area contributed by atoms with E-state index in [4.69, 9.17) is 22.1 Å². The van der Waals surface area contributed by atoms with E-state index in [1.54, 1.807) is 6.92 Å². The molecule has 4 N–H and O–H groups in total. The van der Waals surface area contributed by atoms with Crippen LogP contribution in [0.3, 0.4) is 0 Å². The molecule has 1 aliphatic heterocycles. The van der Waals surface area contributed by atoms with Crippen LogP contribution in [0.25, 0.3) is 16.8 Å². The number of amides is 2. The van der Waals surface area contributed by atoms with E-state index in [0.717, 1.165) is 18.3 Å². The van der Waals surface area contributed by atoms with Gasteiger partial charge in [-0.1, -0.05) is 11.6 Å². The molecule has 1 fully saturated rings. The summed E-state index contributed by atoms with van der Waals surface area (Å²) in [7, 11) is 0. The molecule has 5 rings (SSSR count). The number of morpholine rings is 1. The summed E-state index contributed by atoms with van der Waals surface area (Å²) in [5, 5.41) is 12.1. The molecule has 226 valence electrons. The number of anilines is 2. The highest BCUT2D eigenvalue weighted by Crippen LogP contribution is 2.36. The van der Waals surface area contributed by atoms with Gasteiger partial charge in [0, 0.05) is 17.3 Å². The number of carbonyl (C=O) groups excluding carboxylic acids is 2. The highest BCUT2D eigenvalue weighted by Gasteiger charge is 2.36. The van der Waals surface area contributed by atoms with Gasteiger partial charge in [-0.2, -0.15) is 13.2 Å². The predicted molar refractivity (Wildman–Crippen MR) is 147 cm³/mol. The number of hydrogen-bond acceptors (Lipinski definition) is 8. The number of halogens is 5. The summed E-state index contributed by atoms with van der Waals surface area (Å²) in [4.78, 5) is 39.1. The topological polar surface area (TPSA) is 148 Å². The van der Waals surface area contributed by atoms with E-state index < -0.39 is 41.6 Å². The van der Waals surface area contributed by atoms with E-state index in [1.165, 1.54) is 34.6 Å². The average Bonchev–Trinajstić information content (AvgIpc) is 3.36. The molecule has 3 aromatic heterocycles. The summed E-state index contributed by atoms with van der Waals surface area (Å²) in [6.07, 6.45) is -4.56. The molecule has 11 nitrogen and oxygen atoms in total. The summed E-state index contributed by atoms with van der Waals surface area (Å²) in [6.45, 7) is 3.24. The van der Waals surface area contributed by atoms with Gasteiger partial charge in [-0.05, 0) is 44.2 Å². The number of fused-ring (bicyclic) bond motifs is 1. The van der Waals surface area contributed by atoms with Crippen LogP contribution in [0.5, 0.6) is 0 Å². The Kier molecular flexibility index (Phi) is 7.98. The molecule has 1 aliphatic rings. The van der Waals surface area contributed by atoms with Crippen molar-refractivity contribution in [1.82, 2.24) is 24.3 Å². The molecule has 1 saturated heterocycles. The smallest absolute Gasteiger partial charge is 0.384 e. The molecule has 2 amide bonds. The molecule has 0 spiro atoms. The third-order valence-corrected chi connectivity index (χ3v) is 7.11. The Bertz CT molecular complexity index is 1730. The van der Waals surface area contributed by atoms with Crippen molar-refractivity contribution in [3.8, 4) is 11.3 Å². The number of aliphatic hydroxyl groups excluding tert-OH is 1. The number of nitrogens with zero attached hydrogens (tertiary/aromatic N) is 5. The van der Waals surface area contributed by atoms with Crippen LogP contribution in [0.15, 0.2) is 42.7 Å². The molecule has 1 aromatic carbocycles. The minimum absolute atomic E-state index is 0.00712. The largest absolute Gasteiger partial charge is 0.416 e. The highest BCUT2D eigenvalue weighted by molar-refractivity contribution is 6.30. The molecule has 0 aliphatic carbocycles. The van der Waals surface area contributed by atoms with Crippen LogP contribution in [-0.4, -0.2) is 66.5 Å². The lowest BCUT2D eigenvalue weighted by atomic mass is 10.1. The lowest BCUT2D eigenvalue weighted by Crippen LogP contribution is -2.51. The van der Waals surface area contributed by atoms with Crippen molar-refractivity contribution in [2.45, 2.75) is 38.3 Å². The van der Waals surface area contributed by atoms with Crippen molar-refractivity contribution in [2.24, 2.45) is 0 Å². The Hall–Kier alpha value is -4.34. The number of nitrogen functional groups attached to an aromatic ring is 1. The second-order valence-corrected chi connectivity index (χ2v) is 10.3. The number of ether oxygens (including phenoxy) is 1. The zero-order valence-electron chi connectivity index (χ0n) is 22.6. The van der Waals surface area contributed by atoms with Crippen molar-refractivity contribution in [1.29, 1.82) is 0 Å². The number of pyridine rings is 1. The van der Waals surface area contributed by atoms with Gasteiger partial charge in [0.15, 0.2) is 0 Å². The maximum atomic E-state index is 15.6. The fourth-order valence-electron chi connectivity index (χ4n) is 4.71. The fourth-order valence-corrected chi connectivity index (χ4v) is 4.93. The van der Waals surface area contributed by atoms with Crippen molar-refractivity contribution >= 4 is 40.6 Å². The normalized spacial score (nSPS) is 18.1. The van der Waals surface area contributed by atoms with Crippen LogP contribution in [0, 0.1) is 5.82 Å². The molecular weight excluding hydrogens is 598 g/mol. The van der Waals surface area contributed by atoms with Gasteiger partial charge >= 0.3 is 6.18 Å². The van der Waals surface area contributed by atoms with E-state index >= 15 is 4.39 Å². The number of rotatable bonds is 5. The summed E-state index contributed by atoms with van der Waals surface area (Å²) in [5.74, 6) is -2.53. The van der Waals surface area contributed by atoms with E-state index in [9.17, 15) is 27.9 Å². The number of aromatic nitrogens is 4.